The van der Waals surface area contributed by atoms with Crippen LogP contribution in [0.3, 0.4) is 0 Å². The third kappa shape index (κ3) is 6.40. The topological polar surface area (TPSA) is 88.2 Å². The van der Waals surface area contributed by atoms with Crippen LogP contribution >= 0.6 is 0 Å². The highest BCUT2D eigenvalue weighted by molar-refractivity contribution is 6.19. The molecular formula is C33H36N4O3. The molecule has 2 heterocycles. The zero-order valence-corrected chi connectivity index (χ0v) is 23.5. The molecule has 0 atom stereocenters. The van der Waals surface area contributed by atoms with Crippen LogP contribution in [0.25, 0.3) is 23.0 Å². The van der Waals surface area contributed by atoms with Crippen LogP contribution in [0.1, 0.15) is 64.9 Å². The molecule has 206 valence electrons. The fourth-order valence-electron chi connectivity index (χ4n) is 4.68. The van der Waals surface area contributed by atoms with Gasteiger partial charge in [0.25, 0.3) is 11.8 Å². The Hall–Kier alpha value is -4.44. The summed E-state index contributed by atoms with van der Waals surface area (Å²) in [5, 5.41) is 14.7. The summed E-state index contributed by atoms with van der Waals surface area (Å²) in [6.07, 6.45) is 9.34. The molecule has 3 aromatic rings. The van der Waals surface area contributed by atoms with Gasteiger partial charge in [-0.1, -0.05) is 69.9 Å². The quantitative estimate of drug-likeness (QED) is 0.143. The van der Waals surface area contributed by atoms with E-state index in [-0.39, 0.29) is 11.5 Å². The van der Waals surface area contributed by atoms with Crippen LogP contribution in [0.4, 0.5) is 0 Å². The number of nitriles is 1. The van der Waals surface area contributed by atoms with Gasteiger partial charge in [0, 0.05) is 29.4 Å². The van der Waals surface area contributed by atoms with Crippen LogP contribution < -0.4 is 4.74 Å². The van der Waals surface area contributed by atoms with E-state index in [1.165, 1.54) is 4.90 Å². The summed E-state index contributed by atoms with van der Waals surface area (Å²) >= 11 is 0. The van der Waals surface area contributed by atoms with Gasteiger partial charge in [0.1, 0.15) is 23.1 Å². The molecule has 4 rings (SSSR count). The van der Waals surface area contributed by atoms with Crippen molar-refractivity contribution in [3.05, 3.63) is 83.1 Å². The Bertz CT molecular complexity index is 1460. The van der Waals surface area contributed by atoms with E-state index in [0.29, 0.717) is 42.0 Å². The molecule has 0 bridgehead atoms. The number of ether oxygens (including phenoxy) is 1. The summed E-state index contributed by atoms with van der Waals surface area (Å²) in [7, 11) is 0. The lowest BCUT2D eigenvalue weighted by Crippen LogP contribution is -2.43. The number of aromatic nitrogens is 2. The second kappa shape index (κ2) is 13.6. The fourth-order valence-corrected chi connectivity index (χ4v) is 4.68. The SMILES string of the molecule is CCCCCCN1C(=O)C(C#N)=C(C)/C(=C\c2cn(-c3ccccc3)nc2-c2cccc(OCCCC)c2)C1=O. The third-order valence-electron chi connectivity index (χ3n) is 7.00. The molecule has 2 amide bonds. The average molecular weight is 537 g/mol. The Balaban J connectivity index is 1.80. The van der Waals surface area contributed by atoms with Crippen LogP contribution in [-0.4, -0.2) is 39.6 Å². The van der Waals surface area contributed by atoms with Crippen molar-refractivity contribution in [2.75, 3.05) is 13.2 Å². The first-order valence-electron chi connectivity index (χ1n) is 14.1. The molecule has 40 heavy (non-hydrogen) atoms. The molecule has 0 saturated carbocycles. The number of imide groups is 1. The molecule has 1 aromatic heterocycles. The molecule has 7 nitrogen and oxygen atoms in total. The van der Waals surface area contributed by atoms with Crippen molar-refractivity contribution in [3.8, 4) is 28.8 Å². The second-order valence-corrected chi connectivity index (χ2v) is 9.94. The number of rotatable bonds is 12. The predicted molar refractivity (Wildman–Crippen MR) is 157 cm³/mol. The molecule has 0 radical (unpaired) electrons. The molecule has 0 N–H and O–H groups in total. The Labute approximate surface area is 236 Å². The van der Waals surface area contributed by atoms with E-state index in [1.807, 2.05) is 66.9 Å². The lowest BCUT2D eigenvalue weighted by Gasteiger charge is -2.27. The van der Waals surface area contributed by atoms with E-state index in [1.54, 1.807) is 17.7 Å². The van der Waals surface area contributed by atoms with Gasteiger partial charge in [-0.2, -0.15) is 10.4 Å². The monoisotopic (exact) mass is 536 g/mol. The minimum atomic E-state index is -0.518. The number of hydrogen-bond donors (Lipinski definition) is 0. The highest BCUT2D eigenvalue weighted by atomic mass is 16.5. The standard InChI is InChI=1S/C33H36N4O3/c1-4-6-8-12-18-36-32(38)29(24(3)30(22-34)33(36)39)21-26-23-37(27-15-10-9-11-16-27)35-31(26)25-14-13-17-28(20-25)40-19-7-5-2/h9-11,13-17,20-21,23H,4-8,12,18-19H2,1-3H3/b29-21+. The first kappa shape index (κ1) is 28.6. The van der Waals surface area contributed by atoms with Crippen LogP contribution in [0.15, 0.2) is 77.5 Å². The van der Waals surface area contributed by atoms with E-state index in [2.05, 4.69) is 13.8 Å². The van der Waals surface area contributed by atoms with Gasteiger partial charge in [-0.05, 0) is 55.7 Å². The third-order valence-corrected chi connectivity index (χ3v) is 7.00. The zero-order valence-electron chi connectivity index (χ0n) is 23.5. The van der Waals surface area contributed by atoms with Crippen LogP contribution in [-0.2, 0) is 9.59 Å². The van der Waals surface area contributed by atoms with Crippen LogP contribution in [0.2, 0.25) is 0 Å². The smallest absolute Gasteiger partial charge is 0.271 e. The number of carbonyl (C=O) groups is 2. The van der Waals surface area contributed by atoms with E-state index >= 15 is 0 Å². The first-order chi connectivity index (χ1) is 19.5. The summed E-state index contributed by atoms with van der Waals surface area (Å²) in [5.74, 6) is -0.150. The number of amides is 2. The minimum Gasteiger partial charge on any atom is -0.494 e. The van der Waals surface area contributed by atoms with Crippen molar-refractivity contribution in [2.24, 2.45) is 0 Å². The van der Waals surface area contributed by atoms with Crippen molar-refractivity contribution in [2.45, 2.75) is 59.3 Å². The number of unbranched alkanes of at least 4 members (excludes halogenated alkanes) is 4. The van der Waals surface area contributed by atoms with Crippen LogP contribution in [0.5, 0.6) is 5.75 Å². The maximum atomic E-state index is 13.6. The van der Waals surface area contributed by atoms with E-state index in [0.717, 1.165) is 49.1 Å². The van der Waals surface area contributed by atoms with Gasteiger partial charge in [-0.15, -0.1) is 0 Å². The maximum absolute atomic E-state index is 13.6. The molecule has 0 saturated heterocycles. The Morgan fingerprint density at radius 2 is 1.73 bits per heavy atom. The van der Waals surface area contributed by atoms with Crippen molar-refractivity contribution in [3.63, 3.8) is 0 Å². The van der Waals surface area contributed by atoms with Gasteiger partial charge < -0.3 is 4.74 Å². The van der Waals surface area contributed by atoms with Gasteiger partial charge in [-0.3, -0.25) is 14.5 Å². The Kier molecular flexibility index (Phi) is 9.69. The van der Waals surface area contributed by atoms with Gasteiger partial charge in [0.2, 0.25) is 0 Å². The average Bonchev–Trinajstić information content (AvgIpc) is 3.40. The van der Waals surface area contributed by atoms with Gasteiger partial charge in [0.05, 0.1) is 12.3 Å². The van der Waals surface area contributed by atoms with E-state index in [9.17, 15) is 14.9 Å². The maximum Gasteiger partial charge on any atom is 0.271 e. The molecular weight excluding hydrogens is 500 g/mol. The minimum absolute atomic E-state index is 0.00432. The second-order valence-electron chi connectivity index (χ2n) is 9.94. The first-order valence-corrected chi connectivity index (χ1v) is 14.1. The lowest BCUT2D eigenvalue weighted by molar-refractivity contribution is -0.140. The van der Waals surface area contributed by atoms with E-state index < -0.39 is 5.91 Å². The fraction of sp³-hybridized carbons (Fsp3) is 0.333. The molecule has 0 spiro atoms. The van der Waals surface area contributed by atoms with Crippen molar-refractivity contribution < 1.29 is 14.3 Å². The number of nitrogens with zero attached hydrogens (tertiary/aromatic N) is 4. The molecule has 0 unspecified atom stereocenters. The van der Waals surface area contributed by atoms with Gasteiger partial charge >= 0.3 is 0 Å². The largest absolute Gasteiger partial charge is 0.494 e. The predicted octanol–water partition coefficient (Wildman–Crippen LogP) is 6.89. The number of para-hydroxylation sites is 1. The molecule has 0 aliphatic carbocycles. The van der Waals surface area contributed by atoms with Crippen molar-refractivity contribution in [1.82, 2.24) is 14.7 Å². The summed E-state index contributed by atoms with van der Waals surface area (Å²) in [5.41, 5.74) is 3.81. The molecule has 0 fully saturated rings. The normalized spacial score (nSPS) is 14.7. The number of carbonyl (C=O) groups excluding carboxylic acids is 2. The molecule has 2 aromatic carbocycles. The van der Waals surface area contributed by atoms with Crippen molar-refractivity contribution in [1.29, 1.82) is 5.26 Å². The summed E-state index contributed by atoms with van der Waals surface area (Å²) in [4.78, 5) is 27.9. The highest BCUT2D eigenvalue weighted by Crippen LogP contribution is 2.32. The molecule has 1 aliphatic rings. The van der Waals surface area contributed by atoms with Crippen LogP contribution in [0, 0.1) is 11.3 Å². The lowest BCUT2D eigenvalue weighted by atomic mass is 9.93. The summed E-state index contributed by atoms with van der Waals surface area (Å²) in [6.45, 7) is 6.82. The van der Waals surface area contributed by atoms with Gasteiger partial charge in [-0.25, -0.2) is 4.68 Å². The summed E-state index contributed by atoms with van der Waals surface area (Å²) in [6, 6.07) is 19.5. The number of benzene rings is 2. The molecule has 1 aliphatic heterocycles. The van der Waals surface area contributed by atoms with Gasteiger partial charge in [0.15, 0.2) is 0 Å². The Morgan fingerprint density at radius 3 is 2.45 bits per heavy atom. The van der Waals surface area contributed by atoms with Crippen molar-refractivity contribution >= 4 is 17.9 Å². The zero-order chi connectivity index (χ0) is 28.5. The highest BCUT2D eigenvalue weighted by Gasteiger charge is 2.35. The number of hydrogen-bond acceptors (Lipinski definition) is 5. The summed E-state index contributed by atoms with van der Waals surface area (Å²) < 4.78 is 7.72. The Morgan fingerprint density at radius 1 is 0.950 bits per heavy atom. The van der Waals surface area contributed by atoms with E-state index in [4.69, 9.17) is 9.84 Å². The molecule has 7 heteroatoms.